The summed E-state index contributed by atoms with van der Waals surface area (Å²) >= 11 is 0. The third-order valence-electron chi connectivity index (χ3n) is 6.10. The molecule has 1 aliphatic carbocycles. The van der Waals surface area contributed by atoms with E-state index in [1.807, 2.05) is 12.1 Å². The minimum absolute atomic E-state index is 0. The molecule has 1 atom stereocenters. The van der Waals surface area contributed by atoms with Crippen molar-refractivity contribution in [3.63, 3.8) is 0 Å². The first kappa shape index (κ1) is 20.6. The predicted molar refractivity (Wildman–Crippen MR) is 107 cm³/mol. The lowest BCUT2D eigenvalue weighted by Gasteiger charge is -2.26. The monoisotopic (exact) mass is 406 g/mol. The fourth-order valence-corrected chi connectivity index (χ4v) is 4.27. The van der Waals surface area contributed by atoms with E-state index in [-0.39, 0.29) is 48.0 Å². The molecule has 152 valence electrons. The number of amides is 3. The number of nitrogens with zero attached hydrogens (tertiary/aromatic N) is 1. The van der Waals surface area contributed by atoms with Crippen LogP contribution >= 0.6 is 12.4 Å². The number of rotatable bonds is 4. The first-order valence-corrected chi connectivity index (χ1v) is 9.71. The Morgan fingerprint density at radius 2 is 1.86 bits per heavy atom. The van der Waals surface area contributed by atoms with Gasteiger partial charge < -0.3 is 20.9 Å². The number of benzene rings is 1. The molecule has 1 aromatic carbocycles. The molecule has 28 heavy (non-hydrogen) atoms. The largest absolute Gasteiger partial charge is 0.353 e. The topological polar surface area (TPSA) is 90.5 Å². The number of nitrogens with one attached hydrogen (secondary N) is 3. The quantitative estimate of drug-likeness (QED) is 0.686. The van der Waals surface area contributed by atoms with E-state index in [0.717, 1.165) is 37.9 Å². The van der Waals surface area contributed by atoms with Crippen LogP contribution in [0.2, 0.25) is 0 Å². The summed E-state index contributed by atoms with van der Waals surface area (Å²) in [6, 6.07) is 7.26. The molecule has 1 aromatic rings. The number of hydrogen-bond acceptors (Lipinski definition) is 4. The van der Waals surface area contributed by atoms with Crippen LogP contribution < -0.4 is 16.0 Å². The summed E-state index contributed by atoms with van der Waals surface area (Å²) in [5.41, 5.74) is 1.78. The molecule has 1 spiro atoms. The maximum Gasteiger partial charge on any atom is 0.254 e. The smallest absolute Gasteiger partial charge is 0.254 e. The summed E-state index contributed by atoms with van der Waals surface area (Å²) in [7, 11) is 0. The minimum Gasteiger partial charge on any atom is -0.353 e. The van der Waals surface area contributed by atoms with Gasteiger partial charge in [0.15, 0.2) is 0 Å². The molecule has 3 fully saturated rings. The summed E-state index contributed by atoms with van der Waals surface area (Å²) < 4.78 is 0. The van der Waals surface area contributed by atoms with E-state index < -0.39 is 0 Å². The number of halogens is 1. The van der Waals surface area contributed by atoms with Crippen molar-refractivity contribution < 1.29 is 14.4 Å². The van der Waals surface area contributed by atoms with Gasteiger partial charge in [-0.05, 0) is 55.5 Å². The van der Waals surface area contributed by atoms with Gasteiger partial charge >= 0.3 is 0 Å². The molecule has 2 saturated heterocycles. The zero-order valence-electron chi connectivity index (χ0n) is 15.8. The van der Waals surface area contributed by atoms with Crippen molar-refractivity contribution in [2.45, 2.75) is 25.8 Å². The second kappa shape index (κ2) is 8.49. The van der Waals surface area contributed by atoms with Crippen LogP contribution in [0.5, 0.6) is 0 Å². The third-order valence-corrected chi connectivity index (χ3v) is 6.10. The van der Waals surface area contributed by atoms with Crippen molar-refractivity contribution in [2.75, 3.05) is 32.7 Å². The molecule has 3 amide bonds. The molecular weight excluding hydrogens is 380 g/mol. The van der Waals surface area contributed by atoms with Gasteiger partial charge in [-0.15, -0.1) is 12.4 Å². The van der Waals surface area contributed by atoms with Crippen molar-refractivity contribution in [2.24, 2.45) is 11.3 Å². The maximum absolute atomic E-state index is 12.5. The van der Waals surface area contributed by atoms with Crippen LogP contribution in [0.15, 0.2) is 24.3 Å². The average Bonchev–Trinajstić information content (AvgIpc) is 3.39. The van der Waals surface area contributed by atoms with Crippen LogP contribution in [-0.4, -0.2) is 55.3 Å². The van der Waals surface area contributed by atoms with Crippen molar-refractivity contribution in [3.05, 3.63) is 35.4 Å². The lowest BCUT2D eigenvalue weighted by atomic mass is 9.92. The Bertz CT molecular complexity index is 746. The molecule has 0 bridgehead atoms. The Kier molecular flexibility index (Phi) is 6.25. The highest BCUT2D eigenvalue weighted by Gasteiger charge is 2.57. The van der Waals surface area contributed by atoms with Crippen molar-refractivity contribution >= 4 is 30.1 Å². The van der Waals surface area contributed by atoms with E-state index in [2.05, 4.69) is 16.0 Å². The third kappa shape index (κ3) is 4.31. The Hall–Kier alpha value is -2.12. The summed E-state index contributed by atoms with van der Waals surface area (Å²) in [6.07, 6.45) is 3.20. The van der Waals surface area contributed by atoms with Crippen molar-refractivity contribution in [3.8, 4) is 0 Å². The SMILES string of the molecule is Cl.O=C1CN(C(=O)c2ccc(CNC(=O)C3CC34CCNCC4)cc2)CCN1. The Balaban J connectivity index is 0.00000225. The van der Waals surface area contributed by atoms with Crippen LogP contribution in [-0.2, 0) is 16.1 Å². The summed E-state index contributed by atoms with van der Waals surface area (Å²) in [5, 5.41) is 9.11. The highest BCUT2D eigenvalue weighted by molar-refractivity contribution is 5.97. The summed E-state index contributed by atoms with van der Waals surface area (Å²) in [5.74, 6) is 0.0499. The van der Waals surface area contributed by atoms with Crippen molar-refractivity contribution in [1.82, 2.24) is 20.9 Å². The maximum atomic E-state index is 12.5. The zero-order valence-corrected chi connectivity index (χ0v) is 16.6. The molecule has 2 aliphatic heterocycles. The molecule has 0 aromatic heterocycles. The molecule has 7 nitrogen and oxygen atoms in total. The number of hydrogen-bond donors (Lipinski definition) is 3. The van der Waals surface area contributed by atoms with Crippen LogP contribution in [0.25, 0.3) is 0 Å². The molecule has 1 unspecified atom stereocenters. The number of carbonyl (C=O) groups is 3. The normalized spacial score (nSPS) is 22.8. The minimum atomic E-state index is -0.133. The zero-order chi connectivity index (χ0) is 18.9. The highest BCUT2D eigenvalue weighted by Crippen LogP contribution is 2.58. The van der Waals surface area contributed by atoms with Crippen LogP contribution in [0.1, 0.15) is 35.2 Å². The molecule has 8 heteroatoms. The van der Waals surface area contributed by atoms with Crippen LogP contribution in [0, 0.1) is 11.3 Å². The molecule has 2 heterocycles. The second-order valence-electron chi connectivity index (χ2n) is 7.86. The van der Waals surface area contributed by atoms with Crippen LogP contribution in [0.4, 0.5) is 0 Å². The standard InChI is InChI=1S/C20H26N4O3.ClH/c25-17-13-24(10-9-22-17)19(27)15-3-1-14(2-4-15)12-23-18(26)16-11-20(16)5-7-21-8-6-20;/h1-4,16,21H,5-13H2,(H,22,25)(H,23,26);1H. The summed E-state index contributed by atoms with van der Waals surface area (Å²) in [4.78, 5) is 37.9. The number of piperazine rings is 1. The van der Waals surface area contributed by atoms with Gasteiger partial charge in [0.1, 0.15) is 0 Å². The molecule has 1 saturated carbocycles. The molecule has 4 rings (SSSR count). The van der Waals surface area contributed by atoms with Gasteiger partial charge in [0.25, 0.3) is 5.91 Å². The van der Waals surface area contributed by atoms with E-state index in [9.17, 15) is 14.4 Å². The fourth-order valence-electron chi connectivity index (χ4n) is 4.27. The Morgan fingerprint density at radius 3 is 2.54 bits per heavy atom. The molecule has 3 aliphatic rings. The highest BCUT2D eigenvalue weighted by atomic mass is 35.5. The first-order chi connectivity index (χ1) is 13.1. The average molecular weight is 407 g/mol. The van der Waals surface area contributed by atoms with E-state index in [1.165, 1.54) is 0 Å². The molecule has 3 N–H and O–H groups in total. The van der Waals surface area contributed by atoms with E-state index in [1.54, 1.807) is 17.0 Å². The van der Waals surface area contributed by atoms with Gasteiger partial charge in [-0.1, -0.05) is 12.1 Å². The Labute approximate surface area is 171 Å². The molecular formula is C20H27ClN4O3. The van der Waals surface area contributed by atoms with Gasteiger partial charge in [0.2, 0.25) is 11.8 Å². The fraction of sp³-hybridized carbons (Fsp3) is 0.550. The van der Waals surface area contributed by atoms with Gasteiger partial charge in [0.05, 0.1) is 6.54 Å². The molecule has 0 radical (unpaired) electrons. The lowest BCUT2D eigenvalue weighted by Crippen LogP contribution is -2.49. The number of carbonyl (C=O) groups excluding carboxylic acids is 3. The summed E-state index contributed by atoms with van der Waals surface area (Å²) in [6.45, 7) is 3.63. The predicted octanol–water partition coefficient (Wildman–Crippen LogP) is 0.686. The van der Waals surface area contributed by atoms with Gasteiger partial charge in [-0.2, -0.15) is 0 Å². The van der Waals surface area contributed by atoms with Gasteiger partial charge in [0, 0.05) is 31.1 Å². The van der Waals surface area contributed by atoms with Crippen molar-refractivity contribution in [1.29, 1.82) is 0 Å². The van der Waals surface area contributed by atoms with Gasteiger partial charge in [-0.3, -0.25) is 14.4 Å². The lowest BCUT2D eigenvalue weighted by molar-refractivity contribution is -0.124. The van der Waals surface area contributed by atoms with Gasteiger partial charge in [-0.25, -0.2) is 0 Å². The van der Waals surface area contributed by atoms with E-state index >= 15 is 0 Å². The number of piperidine rings is 1. The van der Waals surface area contributed by atoms with E-state index in [0.29, 0.717) is 25.2 Å². The second-order valence-corrected chi connectivity index (χ2v) is 7.86. The van der Waals surface area contributed by atoms with E-state index in [4.69, 9.17) is 0 Å². The van der Waals surface area contributed by atoms with Crippen LogP contribution in [0.3, 0.4) is 0 Å². The Morgan fingerprint density at radius 1 is 1.14 bits per heavy atom. The first-order valence-electron chi connectivity index (χ1n) is 9.71.